The highest BCUT2D eigenvalue weighted by atomic mass is 32.1. The number of carbonyl (C=O) groups is 1. The number of para-hydroxylation sites is 2. The summed E-state index contributed by atoms with van der Waals surface area (Å²) in [6.07, 6.45) is 0. The minimum absolute atomic E-state index is 0.0153. The molecule has 2 aromatic carbocycles. The summed E-state index contributed by atoms with van der Waals surface area (Å²) in [5, 5.41) is 8.37. The van der Waals surface area contributed by atoms with Crippen molar-refractivity contribution < 1.29 is 9.53 Å². The van der Waals surface area contributed by atoms with Gasteiger partial charge in [-0.3, -0.25) is 10.1 Å². The van der Waals surface area contributed by atoms with E-state index >= 15 is 0 Å². The molecule has 5 heteroatoms. The molecular weight excluding hydrogens is 356 g/mol. The minimum Gasteiger partial charge on any atom is -0.492 e. The number of rotatable bonds is 8. The summed E-state index contributed by atoms with van der Waals surface area (Å²) in [7, 11) is 0. The maximum atomic E-state index is 12.5. The normalized spacial score (nSPS) is 11.8. The van der Waals surface area contributed by atoms with Gasteiger partial charge >= 0.3 is 0 Å². The SMILES string of the molecule is CCOc1ccccc1NC(=O)CN[C@H](c1ccc(C)cc1)c1cccs1. The lowest BCUT2D eigenvalue weighted by Gasteiger charge is -2.18. The summed E-state index contributed by atoms with van der Waals surface area (Å²) in [6.45, 7) is 4.75. The topological polar surface area (TPSA) is 50.4 Å². The molecule has 1 aromatic heterocycles. The number of carbonyl (C=O) groups excluding carboxylic acids is 1. The number of hydrogen-bond donors (Lipinski definition) is 2. The largest absolute Gasteiger partial charge is 0.492 e. The van der Waals surface area contributed by atoms with Crippen molar-refractivity contribution in [1.29, 1.82) is 0 Å². The van der Waals surface area contributed by atoms with Crippen LogP contribution in [-0.2, 0) is 4.79 Å². The van der Waals surface area contributed by atoms with E-state index in [4.69, 9.17) is 4.74 Å². The molecule has 1 heterocycles. The molecule has 0 aliphatic rings. The maximum absolute atomic E-state index is 12.5. The van der Waals surface area contributed by atoms with Crippen molar-refractivity contribution >= 4 is 22.9 Å². The van der Waals surface area contributed by atoms with Crippen LogP contribution in [-0.4, -0.2) is 19.1 Å². The van der Waals surface area contributed by atoms with Gasteiger partial charge in [0, 0.05) is 4.88 Å². The van der Waals surface area contributed by atoms with Crippen molar-refractivity contribution in [3.05, 3.63) is 82.0 Å². The molecule has 0 spiro atoms. The van der Waals surface area contributed by atoms with Crippen LogP contribution in [0, 0.1) is 6.92 Å². The van der Waals surface area contributed by atoms with Crippen LogP contribution in [0.1, 0.15) is 29.0 Å². The van der Waals surface area contributed by atoms with Gasteiger partial charge in [-0.25, -0.2) is 0 Å². The molecule has 2 N–H and O–H groups in total. The third-order valence-electron chi connectivity index (χ3n) is 4.17. The van der Waals surface area contributed by atoms with Crippen LogP contribution in [0.5, 0.6) is 5.75 Å². The third-order valence-corrected chi connectivity index (χ3v) is 5.10. The molecule has 27 heavy (non-hydrogen) atoms. The number of ether oxygens (including phenoxy) is 1. The van der Waals surface area contributed by atoms with Crippen LogP contribution < -0.4 is 15.4 Å². The first-order valence-electron chi connectivity index (χ1n) is 9.02. The fraction of sp³-hybridized carbons (Fsp3) is 0.227. The molecule has 1 atom stereocenters. The number of benzene rings is 2. The van der Waals surface area contributed by atoms with Crippen LogP contribution in [0.2, 0.25) is 0 Å². The Morgan fingerprint density at radius 2 is 1.85 bits per heavy atom. The van der Waals surface area contributed by atoms with Crippen LogP contribution in [0.3, 0.4) is 0 Å². The second-order valence-electron chi connectivity index (χ2n) is 6.22. The summed E-state index contributed by atoms with van der Waals surface area (Å²) in [4.78, 5) is 13.7. The van der Waals surface area contributed by atoms with Crippen molar-refractivity contribution in [3.8, 4) is 5.75 Å². The minimum atomic E-state index is -0.101. The summed E-state index contributed by atoms with van der Waals surface area (Å²) >= 11 is 1.68. The monoisotopic (exact) mass is 380 g/mol. The van der Waals surface area contributed by atoms with Gasteiger partial charge in [0.05, 0.1) is 24.9 Å². The van der Waals surface area contributed by atoms with Crippen molar-refractivity contribution in [1.82, 2.24) is 5.32 Å². The molecule has 0 saturated carbocycles. The Labute approximate surface area is 164 Å². The zero-order valence-electron chi connectivity index (χ0n) is 15.6. The van der Waals surface area contributed by atoms with Gasteiger partial charge in [0.25, 0.3) is 0 Å². The molecular formula is C22H24N2O2S. The standard InChI is InChI=1S/C22H24N2O2S/c1-3-26-19-8-5-4-7-18(19)24-21(25)15-23-22(20-9-6-14-27-20)17-12-10-16(2)11-13-17/h4-14,22-23H,3,15H2,1-2H3,(H,24,25)/t22-/m1/s1. The number of amides is 1. The second-order valence-corrected chi connectivity index (χ2v) is 7.20. The second kappa shape index (κ2) is 9.35. The maximum Gasteiger partial charge on any atom is 0.238 e. The number of nitrogens with one attached hydrogen (secondary N) is 2. The Kier molecular flexibility index (Phi) is 6.63. The average molecular weight is 381 g/mol. The number of anilines is 1. The summed E-state index contributed by atoms with van der Waals surface area (Å²) in [6, 6.07) is 20.0. The molecule has 0 unspecified atom stereocenters. The summed E-state index contributed by atoms with van der Waals surface area (Å²) in [5.41, 5.74) is 3.05. The van der Waals surface area contributed by atoms with Crippen molar-refractivity contribution in [2.45, 2.75) is 19.9 Å². The zero-order chi connectivity index (χ0) is 19.1. The molecule has 0 aliphatic heterocycles. The van der Waals surface area contributed by atoms with Gasteiger partial charge in [-0.15, -0.1) is 11.3 Å². The summed E-state index contributed by atoms with van der Waals surface area (Å²) in [5.74, 6) is 0.581. The zero-order valence-corrected chi connectivity index (χ0v) is 16.4. The van der Waals surface area contributed by atoms with E-state index in [1.165, 1.54) is 10.4 Å². The van der Waals surface area contributed by atoms with E-state index in [2.05, 4.69) is 53.3 Å². The van der Waals surface area contributed by atoms with Gasteiger partial charge < -0.3 is 10.1 Å². The average Bonchev–Trinajstić information content (AvgIpc) is 3.19. The van der Waals surface area contributed by atoms with Gasteiger partial charge in [0.2, 0.25) is 5.91 Å². The number of hydrogen-bond acceptors (Lipinski definition) is 4. The van der Waals surface area contributed by atoms with Gasteiger partial charge in [-0.1, -0.05) is 48.0 Å². The van der Waals surface area contributed by atoms with E-state index in [1.807, 2.05) is 37.3 Å². The first-order valence-corrected chi connectivity index (χ1v) is 9.90. The van der Waals surface area contributed by atoms with Crippen molar-refractivity contribution in [2.75, 3.05) is 18.5 Å². The van der Waals surface area contributed by atoms with E-state index in [-0.39, 0.29) is 18.5 Å². The molecule has 0 radical (unpaired) electrons. The lowest BCUT2D eigenvalue weighted by molar-refractivity contribution is -0.115. The quantitative estimate of drug-likeness (QED) is 0.592. The predicted molar refractivity (Wildman–Crippen MR) is 112 cm³/mol. The van der Waals surface area contributed by atoms with Gasteiger partial charge in [-0.2, -0.15) is 0 Å². The predicted octanol–water partition coefficient (Wildman–Crippen LogP) is 4.77. The van der Waals surface area contributed by atoms with E-state index < -0.39 is 0 Å². The number of aryl methyl sites for hydroxylation is 1. The Morgan fingerprint density at radius 3 is 2.56 bits per heavy atom. The fourth-order valence-corrected chi connectivity index (χ4v) is 3.66. The molecule has 0 aliphatic carbocycles. The first-order chi connectivity index (χ1) is 13.2. The Morgan fingerprint density at radius 1 is 1.07 bits per heavy atom. The van der Waals surface area contributed by atoms with Crippen LogP contribution in [0.15, 0.2) is 66.0 Å². The van der Waals surface area contributed by atoms with E-state index in [0.717, 1.165) is 5.56 Å². The molecule has 1 amide bonds. The van der Waals surface area contributed by atoms with E-state index in [0.29, 0.717) is 18.0 Å². The lowest BCUT2D eigenvalue weighted by Crippen LogP contribution is -2.31. The highest BCUT2D eigenvalue weighted by Crippen LogP contribution is 2.27. The molecule has 0 bridgehead atoms. The molecule has 4 nitrogen and oxygen atoms in total. The fourth-order valence-electron chi connectivity index (χ4n) is 2.84. The van der Waals surface area contributed by atoms with Crippen molar-refractivity contribution in [3.63, 3.8) is 0 Å². The smallest absolute Gasteiger partial charge is 0.238 e. The summed E-state index contributed by atoms with van der Waals surface area (Å²) < 4.78 is 5.57. The van der Waals surface area contributed by atoms with Gasteiger partial charge in [-0.05, 0) is 43.0 Å². The molecule has 3 aromatic rings. The van der Waals surface area contributed by atoms with Crippen molar-refractivity contribution in [2.24, 2.45) is 0 Å². The van der Waals surface area contributed by atoms with Crippen LogP contribution in [0.4, 0.5) is 5.69 Å². The molecule has 3 rings (SSSR count). The highest BCUT2D eigenvalue weighted by molar-refractivity contribution is 7.10. The Bertz CT molecular complexity index is 860. The highest BCUT2D eigenvalue weighted by Gasteiger charge is 2.16. The third kappa shape index (κ3) is 5.18. The van der Waals surface area contributed by atoms with Gasteiger partial charge in [0.15, 0.2) is 0 Å². The molecule has 0 saturated heterocycles. The van der Waals surface area contributed by atoms with Crippen LogP contribution in [0.25, 0.3) is 0 Å². The Balaban J connectivity index is 1.69. The Hall–Kier alpha value is -2.63. The van der Waals surface area contributed by atoms with Gasteiger partial charge in [0.1, 0.15) is 5.75 Å². The van der Waals surface area contributed by atoms with E-state index in [1.54, 1.807) is 11.3 Å². The number of thiophene rings is 1. The first kappa shape index (κ1) is 19.1. The van der Waals surface area contributed by atoms with Crippen LogP contribution >= 0.6 is 11.3 Å². The lowest BCUT2D eigenvalue weighted by atomic mass is 10.0. The van der Waals surface area contributed by atoms with E-state index in [9.17, 15) is 4.79 Å². The molecule has 140 valence electrons. The molecule has 0 fully saturated rings.